The van der Waals surface area contributed by atoms with E-state index < -0.39 is 49.8 Å². The highest BCUT2D eigenvalue weighted by molar-refractivity contribution is 6.99. The van der Waals surface area contributed by atoms with E-state index in [1.807, 2.05) is 66.7 Å². The molecular weight excluding hydrogens is 663 g/mol. The number of hydroxylamine groups is 2. The largest absolute Gasteiger partial charge is 0.404 e. The van der Waals surface area contributed by atoms with Crippen molar-refractivity contribution in [3.63, 3.8) is 0 Å². The van der Waals surface area contributed by atoms with Crippen LogP contribution in [0.1, 0.15) is 43.6 Å². The van der Waals surface area contributed by atoms with E-state index in [0.717, 1.165) is 20.8 Å². The summed E-state index contributed by atoms with van der Waals surface area (Å²) in [5.74, 6) is -0.685. The first-order chi connectivity index (χ1) is 24.3. The summed E-state index contributed by atoms with van der Waals surface area (Å²) in [5, 5.41) is 25.0. The van der Waals surface area contributed by atoms with Crippen LogP contribution in [-0.4, -0.2) is 76.7 Å². The van der Waals surface area contributed by atoms with Crippen molar-refractivity contribution in [2.24, 2.45) is 5.73 Å². The molecule has 10 nitrogen and oxygen atoms in total. The molecule has 0 radical (unpaired) electrons. The summed E-state index contributed by atoms with van der Waals surface area (Å²) >= 11 is 0. The average molecular weight is 708 g/mol. The Hall–Kier alpha value is -4.46. The van der Waals surface area contributed by atoms with Crippen LogP contribution < -0.4 is 16.1 Å². The van der Waals surface area contributed by atoms with Crippen molar-refractivity contribution in [2.45, 2.75) is 69.0 Å². The zero-order valence-electron chi connectivity index (χ0n) is 29.3. The van der Waals surface area contributed by atoms with Gasteiger partial charge in [0.15, 0.2) is 6.23 Å². The molecule has 266 valence electrons. The van der Waals surface area contributed by atoms with Crippen molar-refractivity contribution in [3.8, 4) is 0 Å². The number of ketones is 1. The maximum atomic E-state index is 13.8. The standard InChI is InChI=1S/C40H45N3O7Si/c1-38(2,3)51(31-21-13-7-14-22-31,32-23-15-8-16-24-32)49-28-39(4)35(48-27-29-17-9-5-10-18-29)33(44)36(50-39)42-26-25-40(41,43(47)37(42)46)34(45)30-19-11-6-12-20-30/h5-26,33,35-36,44,47H,27-28,41H2,1-4H3/t33?,35?,36-,39-,40?/m1/s1. The molecule has 1 fully saturated rings. The summed E-state index contributed by atoms with van der Waals surface area (Å²) in [6, 6.07) is 37.0. The Morgan fingerprint density at radius 2 is 1.39 bits per heavy atom. The molecule has 0 saturated carbocycles. The number of ether oxygens (including phenoxy) is 2. The highest BCUT2D eigenvalue weighted by Gasteiger charge is 2.59. The van der Waals surface area contributed by atoms with E-state index in [1.54, 1.807) is 37.3 Å². The lowest BCUT2D eigenvalue weighted by Gasteiger charge is -2.45. The first-order valence-electron chi connectivity index (χ1n) is 17.0. The lowest BCUT2D eigenvalue weighted by Crippen LogP contribution is -2.68. The lowest BCUT2D eigenvalue weighted by atomic mass is 9.96. The first kappa shape index (κ1) is 36.3. The molecule has 4 aromatic rings. The number of rotatable bonds is 11. The zero-order chi connectivity index (χ0) is 36.4. The van der Waals surface area contributed by atoms with E-state index in [1.165, 1.54) is 12.3 Å². The summed E-state index contributed by atoms with van der Waals surface area (Å²) in [4.78, 5) is 28.2. The van der Waals surface area contributed by atoms with Gasteiger partial charge in [0.1, 0.15) is 17.8 Å². The van der Waals surface area contributed by atoms with Gasteiger partial charge in [0.25, 0.3) is 8.32 Å². The van der Waals surface area contributed by atoms with E-state index in [4.69, 9.17) is 19.6 Å². The SMILES string of the molecule is CC(C)(C)[Si](OC[C@@]1(C)O[C@@H](N2C=CC(N)(C(=O)c3ccccc3)N(O)C2=O)C(O)C1OCc1ccccc1)(c1ccccc1)c1ccccc1. The molecule has 0 spiro atoms. The molecule has 4 N–H and O–H groups in total. The average Bonchev–Trinajstić information content (AvgIpc) is 3.39. The summed E-state index contributed by atoms with van der Waals surface area (Å²) in [6.07, 6.45) is -1.21. The Balaban J connectivity index is 1.36. The second-order valence-electron chi connectivity index (χ2n) is 14.3. The molecule has 2 aliphatic heterocycles. The van der Waals surface area contributed by atoms with Gasteiger partial charge in [0.2, 0.25) is 11.4 Å². The Labute approximate surface area is 299 Å². The van der Waals surface area contributed by atoms with Crippen molar-refractivity contribution < 1.29 is 33.8 Å². The van der Waals surface area contributed by atoms with Crippen LogP contribution in [0.25, 0.3) is 0 Å². The number of aliphatic hydroxyl groups excluding tert-OH is 1. The highest BCUT2D eigenvalue weighted by Crippen LogP contribution is 2.42. The molecule has 11 heteroatoms. The number of carbonyl (C=O) groups is 2. The Morgan fingerprint density at radius 3 is 1.92 bits per heavy atom. The van der Waals surface area contributed by atoms with Crippen LogP contribution >= 0.6 is 0 Å². The Kier molecular flexibility index (Phi) is 10.2. The minimum atomic E-state index is -3.07. The molecule has 2 heterocycles. The number of carbonyl (C=O) groups excluding carboxylic acids is 2. The quantitative estimate of drug-likeness (QED) is 0.115. The van der Waals surface area contributed by atoms with Crippen LogP contribution in [0.2, 0.25) is 5.04 Å². The number of hydrogen-bond acceptors (Lipinski definition) is 8. The van der Waals surface area contributed by atoms with Crippen LogP contribution in [0.5, 0.6) is 0 Å². The highest BCUT2D eigenvalue weighted by atomic mass is 28.4. The number of nitrogens with zero attached hydrogens (tertiary/aromatic N) is 2. The molecule has 4 aromatic carbocycles. The molecule has 1 saturated heterocycles. The van der Waals surface area contributed by atoms with Crippen LogP contribution in [-0.2, 0) is 20.5 Å². The van der Waals surface area contributed by atoms with Crippen LogP contribution in [0, 0.1) is 0 Å². The van der Waals surface area contributed by atoms with Crippen molar-refractivity contribution in [1.29, 1.82) is 0 Å². The molecule has 6 rings (SSSR count). The van der Waals surface area contributed by atoms with Crippen LogP contribution in [0.15, 0.2) is 134 Å². The van der Waals surface area contributed by atoms with Crippen LogP contribution in [0.3, 0.4) is 0 Å². The molecule has 2 amide bonds. The summed E-state index contributed by atoms with van der Waals surface area (Å²) < 4.78 is 20.3. The zero-order valence-corrected chi connectivity index (χ0v) is 30.3. The Bertz CT molecular complexity index is 1800. The number of Topliss-reactive ketones (excluding diaryl/α,β-unsaturated/α-hetero) is 1. The minimum absolute atomic E-state index is 0.00476. The number of hydrogen-bond donors (Lipinski definition) is 3. The number of aliphatic hydroxyl groups is 1. The van der Waals surface area contributed by atoms with Crippen molar-refractivity contribution in [1.82, 2.24) is 9.96 Å². The maximum absolute atomic E-state index is 13.8. The summed E-state index contributed by atoms with van der Waals surface area (Å²) in [7, 11) is -3.07. The van der Waals surface area contributed by atoms with Gasteiger partial charge in [-0.15, -0.1) is 0 Å². The third-order valence-corrected chi connectivity index (χ3v) is 14.8. The molecule has 0 aromatic heterocycles. The molecule has 51 heavy (non-hydrogen) atoms. The summed E-state index contributed by atoms with van der Waals surface area (Å²) in [5.41, 5.74) is 3.97. The fraction of sp³-hybridized carbons (Fsp3) is 0.300. The minimum Gasteiger partial charge on any atom is -0.404 e. The molecule has 0 bridgehead atoms. The lowest BCUT2D eigenvalue weighted by molar-refractivity contribution is -0.150. The van der Waals surface area contributed by atoms with E-state index >= 15 is 0 Å². The predicted octanol–water partition coefficient (Wildman–Crippen LogP) is 4.80. The van der Waals surface area contributed by atoms with Crippen LogP contribution in [0.4, 0.5) is 4.79 Å². The smallest absolute Gasteiger partial charge is 0.352 e. The van der Waals surface area contributed by atoms with Gasteiger partial charge >= 0.3 is 6.03 Å². The van der Waals surface area contributed by atoms with E-state index in [0.29, 0.717) is 0 Å². The van der Waals surface area contributed by atoms with Gasteiger partial charge < -0.3 is 19.0 Å². The number of benzene rings is 4. The number of nitrogens with two attached hydrogens (primary N) is 1. The predicted molar refractivity (Wildman–Crippen MR) is 196 cm³/mol. The van der Waals surface area contributed by atoms with E-state index in [-0.39, 0.29) is 28.9 Å². The van der Waals surface area contributed by atoms with Gasteiger partial charge in [0, 0.05) is 11.8 Å². The molecule has 2 aliphatic rings. The second-order valence-corrected chi connectivity index (χ2v) is 18.6. The van der Waals surface area contributed by atoms with Crippen molar-refractivity contribution >= 4 is 30.5 Å². The molecule has 0 aliphatic carbocycles. The van der Waals surface area contributed by atoms with Crippen molar-refractivity contribution in [2.75, 3.05) is 6.61 Å². The Morgan fingerprint density at radius 1 is 0.882 bits per heavy atom. The number of amides is 2. The van der Waals surface area contributed by atoms with E-state index in [9.17, 15) is 19.9 Å². The third kappa shape index (κ3) is 6.70. The third-order valence-electron chi connectivity index (χ3n) is 9.77. The maximum Gasteiger partial charge on any atom is 0.352 e. The molecule has 3 unspecified atom stereocenters. The van der Waals surface area contributed by atoms with Gasteiger partial charge in [-0.3, -0.25) is 20.6 Å². The fourth-order valence-electron chi connectivity index (χ4n) is 7.09. The first-order valence-corrected chi connectivity index (χ1v) is 18.9. The normalized spacial score (nSPS) is 25.3. The van der Waals surface area contributed by atoms with Gasteiger partial charge in [-0.05, 0) is 34.0 Å². The van der Waals surface area contributed by atoms with Gasteiger partial charge in [-0.1, -0.05) is 142 Å². The molecule has 5 atom stereocenters. The van der Waals surface area contributed by atoms with Crippen molar-refractivity contribution in [3.05, 3.63) is 145 Å². The summed E-state index contributed by atoms with van der Waals surface area (Å²) in [6.45, 7) is 8.45. The topological polar surface area (TPSA) is 135 Å². The second kappa shape index (κ2) is 14.3. The van der Waals surface area contributed by atoms with E-state index in [2.05, 4.69) is 45.0 Å². The van der Waals surface area contributed by atoms with Gasteiger partial charge in [-0.25, -0.2) is 4.79 Å². The monoisotopic (exact) mass is 707 g/mol. The number of urea groups is 1. The van der Waals surface area contributed by atoms with Gasteiger partial charge in [0.05, 0.1) is 13.2 Å². The van der Waals surface area contributed by atoms with Gasteiger partial charge in [-0.2, -0.15) is 5.06 Å². The molecular formula is C40H45N3O7Si. The fourth-order valence-corrected chi connectivity index (χ4v) is 11.7.